The monoisotopic (exact) mass is 202 g/mol. The van der Waals surface area contributed by atoms with Crippen molar-refractivity contribution >= 4 is 29.9 Å². The number of thiophene rings is 1. The van der Waals surface area contributed by atoms with Gasteiger partial charge in [-0.1, -0.05) is 0 Å². The van der Waals surface area contributed by atoms with E-state index in [1.807, 2.05) is 6.07 Å². The fourth-order valence-corrected chi connectivity index (χ4v) is 2.15. The van der Waals surface area contributed by atoms with Crippen LogP contribution in [-0.4, -0.2) is 18.8 Å². The van der Waals surface area contributed by atoms with Gasteiger partial charge < -0.3 is 4.74 Å². The molecule has 0 aliphatic heterocycles. The molecule has 66 valence electrons. The van der Waals surface area contributed by atoms with E-state index < -0.39 is 0 Å². The molecule has 0 atom stereocenters. The van der Waals surface area contributed by atoms with Crippen LogP contribution < -0.4 is 0 Å². The highest BCUT2D eigenvalue weighted by molar-refractivity contribution is 7.80. The molecule has 1 aromatic rings. The van der Waals surface area contributed by atoms with Crippen LogP contribution in [0.4, 0.5) is 0 Å². The number of esters is 1. The highest BCUT2D eigenvalue weighted by Gasteiger charge is 2.07. The van der Waals surface area contributed by atoms with Crippen molar-refractivity contribution in [1.29, 1.82) is 0 Å². The van der Waals surface area contributed by atoms with Gasteiger partial charge in [-0.25, -0.2) is 4.79 Å². The Morgan fingerprint density at radius 3 is 3.00 bits per heavy atom. The standard InChI is InChI=1S/C8H10O2S2/c1-10-8(9)7-3-2-6(12-7)4-5-11/h2-3,11H,4-5H2,1H3. The van der Waals surface area contributed by atoms with Crippen LogP contribution in [0.2, 0.25) is 0 Å². The first-order chi connectivity index (χ1) is 5.77. The fourth-order valence-electron chi connectivity index (χ4n) is 0.833. The van der Waals surface area contributed by atoms with Crippen LogP contribution in [0.3, 0.4) is 0 Å². The number of hydrogen-bond donors (Lipinski definition) is 1. The Hall–Kier alpha value is -0.480. The zero-order chi connectivity index (χ0) is 8.97. The van der Waals surface area contributed by atoms with Crippen LogP contribution in [0, 0.1) is 0 Å². The van der Waals surface area contributed by atoms with Crippen LogP contribution in [-0.2, 0) is 11.2 Å². The van der Waals surface area contributed by atoms with Gasteiger partial charge in [0.05, 0.1) is 7.11 Å². The Morgan fingerprint density at radius 1 is 1.67 bits per heavy atom. The third-order valence-electron chi connectivity index (χ3n) is 1.41. The molecule has 0 spiro atoms. The van der Waals surface area contributed by atoms with Gasteiger partial charge >= 0.3 is 5.97 Å². The van der Waals surface area contributed by atoms with Crippen molar-refractivity contribution in [3.8, 4) is 0 Å². The maximum atomic E-state index is 11.0. The summed E-state index contributed by atoms with van der Waals surface area (Å²) in [6.07, 6.45) is 0.908. The minimum Gasteiger partial charge on any atom is -0.465 e. The summed E-state index contributed by atoms with van der Waals surface area (Å²) in [4.78, 5) is 12.8. The minimum absolute atomic E-state index is 0.259. The summed E-state index contributed by atoms with van der Waals surface area (Å²) in [6.45, 7) is 0. The van der Waals surface area contributed by atoms with Gasteiger partial charge in [0.1, 0.15) is 4.88 Å². The van der Waals surface area contributed by atoms with E-state index in [0.29, 0.717) is 4.88 Å². The molecule has 2 nitrogen and oxygen atoms in total. The van der Waals surface area contributed by atoms with Gasteiger partial charge in [-0.3, -0.25) is 0 Å². The van der Waals surface area contributed by atoms with Crippen molar-refractivity contribution in [2.75, 3.05) is 12.9 Å². The highest BCUT2D eigenvalue weighted by Crippen LogP contribution is 2.17. The molecule has 0 aliphatic carbocycles. The van der Waals surface area contributed by atoms with Gasteiger partial charge in [0.25, 0.3) is 0 Å². The molecule has 0 bridgehead atoms. The molecular formula is C8H10O2S2. The molecule has 1 aromatic heterocycles. The topological polar surface area (TPSA) is 26.3 Å². The van der Waals surface area contributed by atoms with Crippen molar-refractivity contribution in [3.63, 3.8) is 0 Å². The van der Waals surface area contributed by atoms with Crippen molar-refractivity contribution in [2.24, 2.45) is 0 Å². The largest absolute Gasteiger partial charge is 0.465 e. The van der Waals surface area contributed by atoms with Crippen LogP contribution in [0.25, 0.3) is 0 Å². The van der Waals surface area contributed by atoms with E-state index in [9.17, 15) is 4.79 Å². The van der Waals surface area contributed by atoms with Crippen molar-refractivity contribution in [2.45, 2.75) is 6.42 Å². The molecule has 4 heteroatoms. The highest BCUT2D eigenvalue weighted by atomic mass is 32.1. The molecule has 1 rings (SSSR count). The molecule has 0 aliphatic rings. The molecule has 0 saturated heterocycles. The van der Waals surface area contributed by atoms with Gasteiger partial charge in [0, 0.05) is 4.88 Å². The number of methoxy groups -OCH3 is 1. The Labute approximate surface area is 81.0 Å². The second kappa shape index (κ2) is 4.52. The predicted octanol–water partition coefficient (Wildman–Crippen LogP) is 2.01. The van der Waals surface area contributed by atoms with Gasteiger partial charge in [0.15, 0.2) is 0 Å². The van der Waals surface area contributed by atoms with Gasteiger partial charge in [-0.2, -0.15) is 12.6 Å². The molecule has 0 N–H and O–H groups in total. The molecule has 0 fully saturated rings. The van der Waals surface area contributed by atoms with Crippen molar-refractivity contribution in [3.05, 3.63) is 21.9 Å². The molecule has 0 radical (unpaired) electrons. The van der Waals surface area contributed by atoms with E-state index in [-0.39, 0.29) is 5.97 Å². The number of thiol groups is 1. The Kier molecular flexibility index (Phi) is 3.62. The predicted molar refractivity (Wildman–Crippen MR) is 53.2 cm³/mol. The molecule has 0 unspecified atom stereocenters. The first kappa shape index (κ1) is 9.61. The molecular weight excluding hydrogens is 192 g/mol. The van der Waals surface area contributed by atoms with Gasteiger partial charge in [0.2, 0.25) is 0 Å². The van der Waals surface area contributed by atoms with E-state index in [0.717, 1.165) is 12.2 Å². The zero-order valence-electron chi connectivity index (χ0n) is 6.74. The lowest BCUT2D eigenvalue weighted by molar-refractivity contribution is 0.0606. The molecule has 0 amide bonds. The van der Waals surface area contributed by atoms with E-state index in [1.165, 1.54) is 23.3 Å². The maximum absolute atomic E-state index is 11.0. The van der Waals surface area contributed by atoms with E-state index in [4.69, 9.17) is 0 Å². The second-order valence-electron chi connectivity index (χ2n) is 2.23. The first-order valence-corrected chi connectivity index (χ1v) is 5.00. The van der Waals surface area contributed by atoms with Crippen LogP contribution in [0.1, 0.15) is 14.5 Å². The number of rotatable bonds is 3. The summed E-state index contributed by atoms with van der Waals surface area (Å²) in [7, 11) is 1.39. The van der Waals surface area contributed by atoms with Gasteiger partial charge in [-0.05, 0) is 24.3 Å². The summed E-state index contributed by atoms with van der Waals surface area (Å²) in [5.41, 5.74) is 0. The second-order valence-corrected chi connectivity index (χ2v) is 3.85. The van der Waals surface area contributed by atoms with Crippen LogP contribution in [0.15, 0.2) is 12.1 Å². The van der Waals surface area contributed by atoms with Crippen LogP contribution in [0.5, 0.6) is 0 Å². The Balaban J connectivity index is 2.70. The minimum atomic E-state index is -0.259. The lowest BCUT2D eigenvalue weighted by Crippen LogP contribution is -1.96. The fraction of sp³-hybridized carbons (Fsp3) is 0.375. The van der Waals surface area contributed by atoms with Gasteiger partial charge in [-0.15, -0.1) is 11.3 Å². The molecule has 1 heterocycles. The smallest absolute Gasteiger partial charge is 0.348 e. The Morgan fingerprint density at radius 2 is 2.42 bits per heavy atom. The summed E-state index contributed by atoms with van der Waals surface area (Å²) in [6, 6.07) is 3.72. The zero-order valence-corrected chi connectivity index (χ0v) is 8.45. The summed E-state index contributed by atoms with van der Waals surface area (Å²) >= 11 is 5.57. The maximum Gasteiger partial charge on any atom is 0.348 e. The summed E-state index contributed by atoms with van der Waals surface area (Å²) in [5, 5.41) is 0. The lowest BCUT2D eigenvalue weighted by atomic mass is 10.4. The lowest BCUT2D eigenvalue weighted by Gasteiger charge is -1.92. The van der Waals surface area contributed by atoms with E-state index >= 15 is 0 Å². The SMILES string of the molecule is COC(=O)c1ccc(CCS)s1. The van der Waals surface area contributed by atoms with E-state index in [1.54, 1.807) is 6.07 Å². The number of carbonyl (C=O) groups is 1. The summed E-state index contributed by atoms with van der Waals surface area (Å²) in [5.74, 6) is 0.548. The first-order valence-electron chi connectivity index (χ1n) is 3.56. The molecule has 0 saturated carbocycles. The normalized spacial score (nSPS) is 9.83. The number of aryl methyl sites for hydroxylation is 1. The molecule has 12 heavy (non-hydrogen) atoms. The Bertz CT molecular complexity index is 268. The van der Waals surface area contributed by atoms with Crippen molar-refractivity contribution in [1.82, 2.24) is 0 Å². The number of hydrogen-bond acceptors (Lipinski definition) is 4. The average molecular weight is 202 g/mol. The van der Waals surface area contributed by atoms with Crippen LogP contribution >= 0.6 is 24.0 Å². The van der Waals surface area contributed by atoms with Crippen molar-refractivity contribution < 1.29 is 9.53 Å². The number of carbonyl (C=O) groups excluding carboxylic acids is 1. The third-order valence-corrected chi connectivity index (χ3v) is 2.76. The number of ether oxygens (including phenoxy) is 1. The van der Waals surface area contributed by atoms with E-state index in [2.05, 4.69) is 17.4 Å². The summed E-state index contributed by atoms with van der Waals surface area (Å²) < 4.78 is 4.58. The average Bonchev–Trinajstić information content (AvgIpc) is 2.52. The quantitative estimate of drug-likeness (QED) is 0.599. The molecule has 0 aromatic carbocycles. The third kappa shape index (κ3) is 2.25.